The number of fused-ring (bicyclic) bond motifs is 3. The van der Waals surface area contributed by atoms with Crippen molar-refractivity contribution < 1.29 is 13.2 Å². The number of piperazine rings is 2. The predicted molar refractivity (Wildman–Crippen MR) is 166 cm³/mol. The van der Waals surface area contributed by atoms with Gasteiger partial charge in [-0.15, -0.1) is 5.10 Å². The molecule has 43 heavy (non-hydrogen) atoms. The lowest BCUT2D eigenvalue weighted by Gasteiger charge is -2.41. The summed E-state index contributed by atoms with van der Waals surface area (Å²) >= 11 is 0. The first-order chi connectivity index (χ1) is 20.7. The lowest BCUT2D eigenvalue weighted by Crippen LogP contribution is -2.56. The van der Waals surface area contributed by atoms with Crippen molar-refractivity contribution in [2.45, 2.75) is 31.5 Å². The summed E-state index contributed by atoms with van der Waals surface area (Å²) in [7, 11) is -1.44. The Morgan fingerprint density at radius 3 is 2.58 bits per heavy atom. The fraction of sp³-hybridized carbons (Fsp3) is 0.448. The number of carbonyl (C=O) groups excluding carboxylic acids is 1. The number of anilines is 3. The number of carbonyl (C=O) groups is 1. The molecule has 1 N–H and O–H groups in total. The fourth-order valence-electron chi connectivity index (χ4n) is 6.26. The van der Waals surface area contributed by atoms with Gasteiger partial charge < -0.3 is 20.0 Å². The zero-order valence-electron chi connectivity index (χ0n) is 24.4. The first-order valence-corrected chi connectivity index (χ1v) is 16.2. The monoisotopic (exact) mass is 606 g/mol. The maximum absolute atomic E-state index is 13.4. The summed E-state index contributed by atoms with van der Waals surface area (Å²) in [5.74, 6) is 0.382. The quantitative estimate of drug-likeness (QED) is 0.344. The molecule has 3 aromatic heterocycles. The molecule has 3 saturated heterocycles. The van der Waals surface area contributed by atoms with E-state index in [1.807, 2.05) is 23.2 Å². The Balaban J connectivity index is 1.14. The summed E-state index contributed by atoms with van der Waals surface area (Å²) in [4.78, 5) is 23.8. The van der Waals surface area contributed by atoms with E-state index in [1.54, 1.807) is 44.1 Å². The summed E-state index contributed by atoms with van der Waals surface area (Å²) in [5.41, 5.74) is 2.91. The van der Waals surface area contributed by atoms with Gasteiger partial charge >= 0.3 is 0 Å². The number of hydrogen-bond acceptors (Lipinski definition) is 9. The van der Waals surface area contributed by atoms with Gasteiger partial charge in [0.05, 0.1) is 23.3 Å². The molecule has 6 heterocycles. The SMILES string of the molecule is C=C/C=C(\C=C)CS(=O)(=O)N1C2CCC1CN(c1cccn3nc(Nc4cnn(CC(=O)N5CCN(C)CC5)c4)nc13)C2. The minimum absolute atomic E-state index is 0.0504. The second kappa shape index (κ2) is 11.9. The minimum atomic E-state index is -3.50. The number of allylic oxidation sites excluding steroid dienone is 3. The van der Waals surface area contributed by atoms with E-state index in [2.05, 4.69) is 45.5 Å². The largest absolute Gasteiger partial charge is 0.365 e. The van der Waals surface area contributed by atoms with Crippen LogP contribution in [0.4, 0.5) is 17.3 Å². The van der Waals surface area contributed by atoms with Crippen molar-refractivity contribution in [3.05, 3.63) is 67.7 Å². The molecule has 14 heteroatoms. The molecule has 2 unspecified atom stereocenters. The van der Waals surface area contributed by atoms with Gasteiger partial charge in [0.2, 0.25) is 21.9 Å². The van der Waals surface area contributed by atoms with Crippen LogP contribution in [0, 0.1) is 0 Å². The number of nitrogens with one attached hydrogen (secondary N) is 1. The number of likely N-dealkylation sites (N-methyl/N-ethyl adjacent to an activating group) is 1. The van der Waals surface area contributed by atoms with Gasteiger partial charge in [-0.05, 0) is 37.6 Å². The Kier molecular flexibility index (Phi) is 8.07. The highest BCUT2D eigenvalue weighted by Crippen LogP contribution is 2.36. The molecule has 0 saturated carbocycles. The lowest BCUT2D eigenvalue weighted by atomic mass is 10.2. The van der Waals surface area contributed by atoms with Gasteiger partial charge in [-0.3, -0.25) is 9.48 Å². The zero-order chi connectivity index (χ0) is 30.1. The van der Waals surface area contributed by atoms with Crippen molar-refractivity contribution in [1.29, 1.82) is 0 Å². The number of pyridine rings is 1. The average Bonchev–Trinajstić information content (AvgIpc) is 3.68. The maximum Gasteiger partial charge on any atom is 0.247 e. The molecule has 6 rings (SSSR count). The van der Waals surface area contributed by atoms with Gasteiger partial charge in [-0.1, -0.05) is 31.4 Å². The number of amides is 1. The van der Waals surface area contributed by atoms with E-state index >= 15 is 0 Å². The Morgan fingerprint density at radius 2 is 1.88 bits per heavy atom. The van der Waals surface area contributed by atoms with Gasteiger partial charge in [0, 0.05) is 63.7 Å². The fourth-order valence-corrected chi connectivity index (χ4v) is 8.29. The zero-order valence-corrected chi connectivity index (χ0v) is 25.2. The third kappa shape index (κ3) is 6.08. The van der Waals surface area contributed by atoms with E-state index in [-0.39, 0.29) is 30.3 Å². The van der Waals surface area contributed by atoms with Crippen LogP contribution >= 0.6 is 0 Å². The molecule has 3 fully saturated rings. The predicted octanol–water partition coefficient (Wildman–Crippen LogP) is 1.72. The van der Waals surface area contributed by atoms with E-state index in [0.717, 1.165) is 44.7 Å². The number of aromatic nitrogens is 5. The van der Waals surface area contributed by atoms with E-state index in [1.165, 1.54) is 0 Å². The molecule has 2 atom stereocenters. The molecule has 3 aromatic rings. The lowest BCUT2D eigenvalue weighted by molar-refractivity contribution is -0.133. The molecule has 0 aromatic carbocycles. The van der Waals surface area contributed by atoms with Crippen LogP contribution in [0.3, 0.4) is 0 Å². The summed E-state index contributed by atoms with van der Waals surface area (Å²) in [5, 5.41) is 12.2. The van der Waals surface area contributed by atoms with Gasteiger partial charge in [0.25, 0.3) is 0 Å². The van der Waals surface area contributed by atoms with Gasteiger partial charge in [0.15, 0.2) is 5.65 Å². The van der Waals surface area contributed by atoms with E-state index in [4.69, 9.17) is 4.98 Å². The van der Waals surface area contributed by atoms with Crippen LogP contribution in [0.1, 0.15) is 12.8 Å². The molecule has 0 aliphatic carbocycles. The van der Waals surface area contributed by atoms with Crippen LogP contribution in [-0.2, 0) is 21.4 Å². The second-order valence-electron chi connectivity index (χ2n) is 11.4. The maximum atomic E-state index is 13.4. The molecule has 0 spiro atoms. The van der Waals surface area contributed by atoms with Crippen molar-refractivity contribution in [2.24, 2.45) is 0 Å². The number of nitrogens with zero attached hydrogens (tertiary/aromatic N) is 9. The van der Waals surface area contributed by atoms with Crippen LogP contribution < -0.4 is 10.2 Å². The summed E-state index contributed by atoms with van der Waals surface area (Å²) in [6.45, 7) is 12.0. The first-order valence-electron chi connectivity index (χ1n) is 14.6. The Morgan fingerprint density at radius 1 is 1.14 bits per heavy atom. The van der Waals surface area contributed by atoms with Crippen LogP contribution in [0.2, 0.25) is 0 Å². The third-order valence-corrected chi connectivity index (χ3v) is 10.3. The van der Waals surface area contributed by atoms with Crippen molar-refractivity contribution in [2.75, 3.05) is 62.3 Å². The van der Waals surface area contributed by atoms with Crippen molar-refractivity contribution in [3.8, 4) is 0 Å². The van der Waals surface area contributed by atoms with Crippen molar-refractivity contribution in [1.82, 2.24) is 38.5 Å². The van der Waals surface area contributed by atoms with Crippen LogP contribution in [-0.4, -0.2) is 117 Å². The minimum Gasteiger partial charge on any atom is -0.365 e. The normalized spacial score (nSPS) is 21.8. The van der Waals surface area contributed by atoms with Crippen LogP contribution in [0.5, 0.6) is 0 Å². The molecule has 2 bridgehead atoms. The number of sulfonamides is 1. The highest BCUT2D eigenvalue weighted by molar-refractivity contribution is 7.89. The summed E-state index contributed by atoms with van der Waals surface area (Å²) < 4.78 is 31.9. The molecular weight excluding hydrogens is 568 g/mol. The molecule has 1 amide bonds. The first kappa shape index (κ1) is 29.1. The Hall–Kier alpha value is -4.01. The smallest absolute Gasteiger partial charge is 0.247 e. The summed E-state index contributed by atoms with van der Waals surface area (Å²) in [6, 6.07) is 3.70. The van der Waals surface area contributed by atoms with E-state index in [0.29, 0.717) is 35.9 Å². The van der Waals surface area contributed by atoms with Crippen LogP contribution in [0.15, 0.2) is 67.7 Å². The summed E-state index contributed by atoms with van der Waals surface area (Å²) in [6.07, 6.45) is 11.8. The van der Waals surface area contributed by atoms with Gasteiger partial charge in [-0.2, -0.15) is 14.4 Å². The standard InChI is InChI=1S/C29H38N10O3S/c1-4-7-22(5-2)21-43(41,42)39-24-9-10-25(39)19-36(18-24)26-8-6-11-38-28(26)32-29(33-38)31-23-16-30-37(17-23)20-27(40)35-14-12-34(3)13-15-35/h4-8,11,16-17,24-25H,1-2,9-10,12-15,18-21H2,3H3,(H,31,33)/b22-7+. The molecule has 228 valence electrons. The van der Waals surface area contributed by atoms with Crippen molar-refractivity contribution in [3.63, 3.8) is 0 Å². The van der Waals surface area contributed by atoms with E-state index < -0.39 is 10.0 Å². The Bertz CT molecular complexity index is 1640. The highest BCUT2D eigenvalue weighted by Gasteiger charge is 2.46. The van der Waals surface area contributed by atoms with Gasteiger partial charge in [-0.25, -0.2) is 12.9 Å². The van der Waals surface area contributed by atoms with E-state index in [9.17, 15) is 13.2 Å². The highest BCUT2D eigenvalue weighted by atomic mass is 32.2. The van der Waals surface area contributed by atoms with Gasteiger partial charge in [0.1, 0.15) is 6.54 Å². The Labute approximate surface area is 251 Å². The number of rotatable bonds is 10. The third-order valence-electron chi connectivity index (χ3n) is 8.40. The van der Waals surface area contributed by atoms with Crippen molar-refractivity contribution >= 4 is 38.9 Å². The number of hydrogen-bond donors (Lipinski definition) is 1. The topological polar surface area (TPSA) is 124 Å². The molecule has 13 nitrogen and oxygen atoms in total. The molecule has 3 aliphatic rings. The molecule has 3 aliphatic heterocycles. The van der Waals surface area contributed by atoms with Crippen LogP contribution in [0.25, 0.3) is 5.65 Å². The molecular formula is C29H38N10O3S. The average molecular weight is 607 g/mol. The molecule has 0 radical (unpaired) electrons. The second-order valence-corrected chi connectivity index (χ2v) is 13.3.